The molecule has 0 aliphatic carbocycles. The molecule has 0 unspecified atom stereocenters. The second-order valence-corrected chi connectivity index (χ2v) is 7.41. The summed E-state index contributed by atoms with van der Waals surface area (Å²) in [4.78, 5) is 3.73. The van der Waals surface area contributed by atoms with Crippen LogP contribution >= 0.6 is 11.6 Å². The zero-order chi connectivity index (χ0) is 18.9. The number of benzene rings is 2. The van der Waals surface area contributed by atoms with Gasteiger partial charge in [0.1, 0.15) is 16.5 Å². The van der Waals surface area contributed by atoms with E-state index in [0.29, 0.717) is 0 Å². The maximum atomic E-state index is 14.1. The van der Waals surface area contributed by atoms with Gasteiger partial charge in [-0.2, -0.15) is 0 Å². The van der Waals surface area contributed by atoms with E-state index in [-0.39, 0.29) is 45.8 Å². The first-order valence-electron chi connectivity index (χ1n) is 7.44. The Kier molecular flexibility index (Phi) is 5.12. The molecule has 0 atom stereocenters. The first-order valence-corrected chi connectivity index (χ1v) is 9.31. The monoisotopic (exact) mass is 401 g/mol. The van der Waals surface area contributed by atoms with Crippen molar-refractivity contribution in [1.29, 1.82) is 0 Å². The number of halogens is 3. The highest BCUT2D eigenvalue weighted by Gasteiger charge is 2.30. The summed E-state index contributed by atoms with van der Waals surface area (Å²) < 4.78 is 59.9. The fourth-order valence-electron chi connectivity index (χ4n) is 2.49. The van der Waals surface area contributed by atoms with Crippen molar-refractivity contribution in [2.75, 3.05) is 25.6 Å². The number of fused-ring (bicyclic) bond motifs is 1. The van der Waals surface area contributed by atoms with Crippen LogP contribution in [0, 0.1) is 11.6 Å². The lowest BCUT2D eigenvalue weighted by atomic mass is 10.0. The molecule has 10 heteroatoms. The van der Waals surface area contributed by atoms with Crippen molar-refractivity contribution in [3.8, 4) is 11.1 Å². The predicted molar refractivity (Wildman–Crippen MR) is 94.9 cm³/mol. The van der Waals surface area contributed by atoms with Crippen molar-refractivity contribution in [3.63, 3.8) is 0 Å². The minimum atomic E-state index is -4.07. The van der Waals surface area contributed by atoms with Crippen molar-refractivity contribution in [3.05, 3.63) is 47.0 Å². The zero-order valence-corrected chi connectivity index (χ0v) is 15.1. The van der Waals surface area contributed by atoms with Crippen LogP contribution in [0.4, 0.5) is 14.5 Å². The SMILES string of the molecule is COCCN=C1Nc2c(-c3cccc(F)c3Cl)cc(F)cc2S(=O)(=O)N1. The van der Waals surface area contributed by atoms with Gasteiger partial charge in [0.15, 0.2) is 0 Å². The second kappa shape index (κ2) is 7.18. The molecule has 138 valence electrons. The van der Waals surface area contributed by atoms with E-state index in [1.165, 1.54) is 19.2 Å². The van der Waals surface area contributed by atoms with Gasteiger partial charge in [0.05, 0.1) is 23.9 Å². The van der Waals surface area contributed by atoms with Crippen LogP contribution in [0.2, 0.25) is 5.02 Å². The van der Waals surface area contributed by atoms with Crippen LogP contribution in [-0.4, -0.2) is 34.6 Å². The summed E-state index contributed by atoms with van der Waals surface area (Å²) in [6.07, 6.45) is 0. The van der Waals surface area contributed by atoms with Gasteiger partial charge >= 0.3 is 0 Å². The van der Waals surface area contributed by atoms with E-state index in [1.54, 1.807) is 0 Å². The largest absolute Gasteiger partial charge is 0.383 e. The van der Waals surface area contributed by atoms with Crippen molar-refractivity contribution < 1.29 is 21.9 Å². The Morgan fingerprint density at radius 3 is 2.73 bits per heavy atom. The number of nitrogens with one attached hydrogen (secondary N) is 2. The molecule has 2 aromatic rings. The Morgan fingerprint density at radius 1 is 1.23 bits per heavy atom. The number of sulfonamides is 1. The van der Waals surface area contributed by atoms with E-state index in [0.717, 1.165) is 18.2 Å². The first kappa shape index (κ1) is 18.6. The smallest absolute Gasteiger partial charge is 0.266 e. The average Bonchev–Trinajstić information content (AvgIpc) is 2.57. The van der Waals surface area contributed by atoms with Gasteiger partial charge in [0, 0.05) is 18.2 Å². The molecule has 0 aromatic heterocycles. The minimum absolute atomic E-state index is 0.0464. The molecule has 0 spiro atoms. The van der Waals surface area contributed by atoms with E-state index in [1.807, 2.05) is 0 Å². The molecule has 0 bridgehead atoms. The Hall–Kier alpha value is -2.23. The van der Waals surface area contributed by atoms with Crippen LogP contribution in [-0.2, 0) is 14.8 Å². The van der Waals surface area contributed by atoms with E-state index in [9.17, 15) is 17.2 Å². The molecule has 26 heavy (non-hydrogen) atoms. The summed E-state index contributed by atoms with van der Waals surface area (Å²) in [6.45, 7) is 0.486. The van der Waals surface area contributed by atoms with Gasteiger partial charge in [0.25, 0.3) is 10.0 Å². The number of hydrogen-bond donors (Lipinski definition) is 2. The normalized spacial score (nSPS) is 16.7. The van der Waals surface area contributed by atoms with Gasteiger partial charge in [-0.25, -0.2) is 26.9 Å². The number of aliphatic imine (C=N–C) groups is 1. The van der Waals surface area contributed by atoms with Gasteiger partial charge in [-0.15, -0.1) is 0 Å². The third-order valence-corrected chi connectivity index (χ3v) is 5.39. The molecule has 1 aliphatic heterocycles. The topological polar surface area (TPSA) is 79.8 Å². The summed E-state index contributed by atoms with van der Waals surface area (Å²) in [6, 6.07) is 5.98. The lowest BCUT2D eigenvalue weighted by Gasteiger charge is -2.24. The fourth-order valence-corrected chi connectivity index (χ4v) is 3.90. The van der Waals surface area contributed by atoms with Crippen molar-refractivity contribution in [2.24, 2.45) is 4.99 Å². The van der Waals surface area contributed by atoms with E-state index >= 15 is 0 Å². The highest BCUT2D eigenvalue weighted by molar-refractivity contribution is 7.90. The molecule has 2 N–H and O–H groups in total. The van der Waals surface area contributed by atoms with E-state index in [4.69, 9.17) is 16.3 Å². The van der Waals surface area contributed by atoms with Gasteiger partial charge in [-0.05, 0) is 18.2 Å². The van der Waals surface area contributed by atoms with Crippen LogP contribution in [0.3, 0.4) is 0 Å². The Morgan fingerprint density at radius 2 is 2.00 bits per heavy atom. The van der Waals surface area contributed by atoms with Gasteiger partial charge in [-0.1, -0.05) is 23.7 Å². The number of guanidine groups is 1. The van der Waals surface area contributed by atoms with Crippen LogP contribution < -0.4 is 10.0 Å². The maximum Gasteiger partial charge on any atom is 0.266 e. The molecule has 0 saturated heterocycles. The minimum Gasteiger partial charge on any atom is -0.383 e. The summed E-state index contributed by atoms with van der Waals surface area (Å²) in [7, 11) is -2.58. The van der Waals surface area contributed by atoms with Crippen LogP contribution in [0.25, 0.3) is 11.1 Å². The molecule has 6 nitrogen and oxygen atoms in total. The third-order valence-electron chi connectivity index (χ3n) is 3.64. The molecule has 0 saturated carbocycles. The van der Waals surface area contributed by atoms with Gasteiger partial charge in [0.2, 0.25) is 5.96 Å². The number of rotatable bonds is 4. The molecular weight excluding hydrogens is 388 g/mol. The number of methoxy groups -OCH3 is 1. The summed E-state index contributed by atoms with van der Waals surface area (Å²) in [5, 5.41) is 2.57. The molecule has 1 heterocycles. The van der Waals surface area contributed by atoms with E-state index in [2.05, 4.69) is 15.0 Å². The highest BCUT2D eigenvalue weighted by atomic mass is 35.5. The number of hydrogen-bond acceptors (Lipinski definition) is 4. The van der Waals surface area contributed by atoms with Crippen molar-refractivity contribution in [1.82, 2.24) is 4.72 Å². The van der Waals surface area contributed by atoms with Crippen LogP contribution in [0.1, 0.15) is 0 Å². The van der Waals surface area contributed by atoms with Gasteiger partial charge in [-0.3, -0.25) is 0 Å². The number of nitrogens with zero attached hydrogens (tertiary/aromatic N) is 1. The number of anilines is 1. The van der Waals surface area contributed by atoms with Crippen LogP contribution in [0.5, 0.6) is 0 Å². The van der Waals surface area contributed by atoms with Crippen molar-refractivity contribution >= 4 is 33.3 Å². The standard InChI is InChI=1S/C16H14ClF2N3O3S/c1-25-6-5-20-16-21-15-11(10-3-2-4-12(19)14(10)17)7-9(18)8-13(15)26(23,24)22-16/h2-4,7-8H,5-6H2,1H3,(H2,20,21,22). The predicted octanol–water partition coefficient (Wildman–Crippen LogP) is 2.99. The maximum absolute atomic E-state index is 14.1. The molecule has 0 amide bonds. The fraction of sp³-hybridized carbons (Fsp3) is 0.188. The molecule has 2 aromatic carbocycles. The summed E-state index contributed by atoms with van der Waals surface area (Å²) in [5.74, 6) is -1.55. The number of ether oxygens (including phenoxy) is 1. The van der Waals surface area contributed by atoms with E-state index < -0.39 is 21.7 Å². The molecule has 1 aliphatic rings. The zero-order valence-electron chi connectivity index (χ0n) is 13.5. The summed E-state index contributed by atoms with van der Waals surface area (Å²) >= 11 is 6.00. The average molecular weight is 402 g/mol. The Balaban J connectivity index is 2.20. The van der Waals surface area contributed by atoms with Gasteiger partial charge < -0.3 is 10.1 Å². The lowest BCUT2D eigenvalue weighted by Crippen LogP contribution is -2.41. The quantitative estimate of drug-likeness (QED) is 0.772. The second-order valence-electron chi connectivity index (χ2n) is 5.38. The third kappa shape index (κ3) is 3.50. The Bertz CT molecular complexity index is 996. The highest BCUT2D eigenvalue weighted by Crippen LogP contribution is 2.40. The molecule has 3 rings (SSSR count). The molecule has 0 radical (unpaired) electrons. The first-order chi connectivity index (χ1) is 12.3. The summed E-state index contributed by atoms with van der Waals surface area (Å²) in [5.41, 5.74) is 0.325. The van der Waals surface area contributed by atoms with Crippen LogP contribution in [0.15, 0.2) is 40.2 Å². The lowest BCUT2D eigenvalue weighted by molar-refractivity contribution is 0.208. The van der Waals surface area contributed by atoms with Crippen molar-refractivity contribution in [2.45, 2.75) is 4.90 Å². The molecular formula is C16H14ClF2N3O3S. The molecule has 0 fully saturated rings. The Labute approximate surface area is 153 Å².